The predicted octanol–water partition coefficient (Wildman–Crippen LogP) is 5.49. The van der Waals surface area contributed by atoms with Gasteiger partial charge in [0.25, 0.3) is 0 Å². The van der Waals surface area contributed by atoms with Gasteiger partial charge < -0.3 is 10.2 Å². The number of aryl methyl sites for hydroxylation is 1. The van der Waals surface area contributed by atoms with Gasteiger partial charge in [-0.25, -0.2) is 0 Å². The molecule has 2 atom stereocenters. The lowest BCUT2D eigenvalue weighted by Crippen LogP contribution is -2.36. The van der Waals surface area contributed by atoms with E-state index in [9.17, 15) is 4.79 Å². The zero-order valence-electron chi connectivity index (χ0n) is 19.3. The molecular formula is C29H34N2O. The zero-order chi connectivity index (χ0) is 22.3. The van der Waals surface area contributed by atoms with Gasteiger partial charge in [-0.2, -0.15) is 0 Å². The third-order valence-corrected chi connectivity index (χ3v) is 6.48. The highest BCUT2D eigenvalue weighted by Crippen LogP contribution is 2.20. The topological polar surface area (TPSA) is 32.3 Å². The Morgan fingerprint density at radius 3 is 2.44 bits per heavy atom. The van der Waals surface area contributed by atoms with Crippen LogP contribution < -0.4 is 5.32 Å². The van der Waals surface area contributed by atoms with Crippen LogP contribution in [0.5, 0.6) is 0 Å². The Labute approximate surface area is 192 Å². The number of hydrogen-bond acceptors (Lipinski definition) is 2. The Balaban J connectivity index is 1.28. The Bertz CT molecular complexity index is 1030. The van der Waals surface area contributed by atoms with E-state index in [1.54, 1.807) is 0 Å². The first kappa shape index (κ1) is 22.3. The van der Waals surface area contributed by atoms with Crippen LogP contribution in [0.25, 0.3) is 0 Å². The number of nitrogens with one attached hydrogen (secondary N) is 1. The first-order chi connectivity index (χ1) is 15.6. The Hall–Kier alpha value is -2.91. The van der Waals surface area contributed by atoms with Gasteiger partial charge in [0.1, 0.15) is 0 Å². The quantitative estimate of drug-likeness (QED) is 0.517. The van der Waals surface area contributed by atoms with Crippen LogP contribution in [0.3, 0.4) is 0 Å². The lowest BCUT2D eigenvalue weighted by atomic mass is 9.98. The second kappa shape index (κ2) is 10.6. The molecule has 0 radical (unpaired) electrons. The van der Waals surface area contributed by atoms with E-state index in [0.29, 0.717) is 18.5 Å². The molecule has 0 fully saturated rings. The van der Waals surface area contributed by atoms with Crippen molar-refractivity contribution in [2.75, 3.05) is 6.54 Å². The van der Waals surface area contributed by atoms with Gasteiger partial charge in [-0.05, 0) is 60.9 Å². The van der Waals surface area contributed by atoms with E-state index >= 15 is 0 Å². The van der Waals surface area contributed by atoms with Crippen molar-refractivity contribution < 1.29 is 4.79 Å². The summed E-state index contributed by atoms with van der Waals surface area (Å²) in [5.41, 5.74) is 6.56. The van der Waals surface area contributed by atoms with Crippen LogP contribution in [0.15, 0.2) is 78.9 Å². The van der Waals surface area contributed by atoms with Crippen LogP contribution in [-0.2, 0) is 30.6 Å². The highest BCUT2D eigenvalue weighted by Gasteiger charge is 2.20. The molecule has 3 aromatic carbocycles. The molecule has 4 rings (SSSR count). The second-order valence-corrected chi connectivity index (χ2v) is 9.06. The number of rotatable bonds is 8. The molecule has 1 heterocycles. The minimum absolute atomic E-state index is 0.261. The van der Waals surface area contributed by atoms with Crippen LogP contribution in [-0.4, -0.2) is 23.4 Å². The van der Waals surface area contributed by atoms with E-state index in [-0.39, 0.29) is 5.91 Å². The molecule has 1 N–H and O–H groups in total. The summed E-state index contributed by atoms with van der Waals surface area (Å²) >= 11 is 0. The summed E-state index contributed by atoms with van der Waals surface area (Å²) in [7, 11) is 0. The first-order valence-electron chi connectivity index (χ1n) is 11.8. The molecule has 32 heavy (non-hydrogen) atoms. The molecule has 1 aliphatic heterocycles. The smallest absolute Gasteiger partial charge is 0.223 e. The van der Waals surface area contributed by atoms with Gasteiger partial charge in [0, 0.05) is 31.6 Å². The summed E-state index contributed by atoms with van der Waals surface area (Å²) in [6.45, 7) is 6.03. The van der Waals surface area contributed by atoms with Crippen molar-refractivity contribution in [3.63, 3.8) is 0 Å². The zero-order valence-corrected chi connectivity index (χ0v) is 19.3. The summed E-state index contributed by atoms with van der Waals surface area (Å²) in [6.07, 6.45) is 3.31. The lowest BCUT2D eigenvalue weighted by molar-refractivity contribution is -0.132. The van der Waals surface area contributed by atoms with Gasteiger partial charge >= 0.3 is 0 Å². The third kappa shape index (κ3) is 5.86. The Morgan fingerprint density at radius 1 is 0.906 bits per heavy atom. The largest absolute Gasteiger partial charge is 0.338 e. The number of nitrogens with zero attached hydrogens (tertiary/aromatic N) is 1. The predicted molar refractivity (Wildman–Crippen MR) is 131 cm³/mol. The van der Waals surface area contributed by atoms with E-state index in [1.807, 2.05) is 4.90 Å². The van der Waals surface area contributed by atoms with E-state index < -0.39 is 0 Å². The maximum Gasteiger partial charge on any atom is 0.223 e. The number of carbonyl (C=O) groups is 1. The van der Waals surface area contributed by atoms with Crippen LogP contribution >= 0.6 is 0 Å². The number of hydrogen-bond donors (Lipinski definition) is 1. The lowest BCUT2D eigenvalue weighted by Gasteiger charge is -2.29. The number of amides is 1. The molecule has 166 valence electrons. The number of carbonyl (C=O) groups excluding carboxylic acids is 1. The van der Waals surface area contributed by atoms with Crippen molar-refractivity contribution in [1.29, 1.82) is 0 Å². The maximum absolute atomic E-state index is 12.8. The highest BCUT2D eigenvalue weighted by molar-refractivity contribution is 5.76. The van der Waals surface area contributed by atoms with Gasteiger partial charge in [0.2, 0.25) is 5.91 Å². The van der Waals surface area contributed by atoms with Gasteiger partial charge in [-0.15, -0.1) is 0 Å². The van der Waals surface area contributed by atoms with Crippen LogP contribution in [0.1, 0.15) is 54.1 Å². The molecular weight excluding hydrogens is 392 g/mol. The summed E-state index contributed by atoms with van der Waals surface area (Å²) in [5, 5.41) is 3.70. The fraction of sp³-hybridized carbons (Fsp3) is 0.345. The van der Waals surface area contributed by atoms with E-state index in [4.69, 9.17) is 0 Å². The second-order valence-electron chi connectivity index (χ2n) is 9.06. The van der Waals surface area contributed by atoms with Crippen molar-refractivity contribution in [3.8, 4) is 0 Å². The summed E-state index contributed by atoms with van der Waals surface area (Å²) in [5.74, 6) is 0.261. The van der Waals surface area contributed by atoms with Crippen molar-refractivity contribution in [2.24, 2.45) is 0 Å². The van der Waals surface area contributed by atoms with E-state index in [1.165, 1.54) is 27.8 Å². The van der Waals surface area contributed by atoms with E-state index in [0.717, 1.165) is 32.4 Å². The van der Waals surface area contributed by atoms with Gasteiger partial charge in [-0.3, -0.25) is 4.79 Å². The van der Waals surface area contributed by atoms with Crippen molar-refractivity contribution in [2.45, 2.75) is 58.2 Å². The van der Waals surface area contributed by atoms with Crippen molar-refractivity contribution in [3.05, 3.63) is 107 Å². The molecule has 0 saturated carbocycles. The molecule has 1 amide bonds. The molecule has 0 bridgehead atoms. The Morgan fingerprint density at radius 2 is 1.62 bits per heavy atom. The minimum Gasteiger partial charge on any atom is -0.338 e. The highest BCUT2D eigenvalue weighted by atomic mass is 16.2. The molecule has 1 unspecified atom stereocenters. The number of benzene rings is 3. The fourth-order valence-electron chi connectivity index (χ4n) is 4.71. The standard InChI is InChI=1S/C29H34N2O/c1-22(30-23(2)26-11-4-3-5-12-26)19-25-10-8-9-24(20-25)15-16-29(32)31-18-17-27-13-6-7-14-28(27)21-31/h3-14,20,22-23,30H,15-19,21H2,1-2H3/t22-,23?/m1/s1. The van der Waals surface area contributed by atoms with Crippen molar-refractivity contribution in [1.82, 2.24) is 10.2 Å². The number of fused-ring (bicyclic) bond motifs is 1. The average Bonchev–Trinajstić information content (AvgIpc) is 2.83. The van der Waals surface area contributed by atoms with Gasteiger partial charge in [0.05, 0.1) is 0 Å². The molecule has 3 heteroatoms. The molecule has 0 saturated heterocycles. The Kier molecular flexibility index (Phi) is 7.39. The monoisotopic (exact) mass is 426 g/mol. The van der Waals surface area contributed by atoms with E-state index in [2.05, 4.69) is 98.0 Å². The van der Waals surface area contributed by atoms with Crippen molar-refractivity contribution >= 4 is 5.91 Å². The van der Waals surface area contributed by atoms with Gasteiger partial charge in [-0.1, -0.05) is 78.9 Å². The average molecular weight is 427 g/mol. The summed E-state index contributed by atoms with van der Waals surface area (Å²) < 4.78 is 0. The fourth-order valence-corrected chi connectivity index (χ4v) is 4.71. The SMILES string of the molecule is CC(N[C@H](C)Cc1cccc(CCC(=O)N2CCc3ccccc3C2)c1)c1ccccc1. The van der Waals surface area contributed by atoms with Crippen LogP contribution in [0, 0.1) is 0 Å². The molecule has 3 nitrogen and oxygen atoms in total. The molecule has 0 aromatic heterocycles. The van der Waals surface area contributed by atoms with Gasteiger partial charge in [0.15, 0.2) is 0 Å². The molecule has 0 aliphatic carbocycles. The normalized spacial score (nSPS) is 15.1. The molecule has 3 aromatic rings. The van der Waals surface area contributed by atoms with Crippen LogP contribution in [0.4, 0.5) is 0 Å². The third-order valence-electron chi connectivity index (χ3n) is 6.48. The van der Waals surface area contributed by atoms with Crippen LogP contribution in [0.2, 0.25) is 0 Å². The first-order valence-corrected chi connectivity index (χ1v) is 11.8. The summed E-state index contributed by atoms with van der Waals surface area (Å²) in [6, 6.07) is 28.5. The molecule has 1 aliphatic rings. The summed E-state index contributed by atoms with van der Waals surface area (Å²) in [4.78, 5) is 14.8. The molecule has 0 spiro atoms. The minimum atomic E-state index is 0.261. The maximum atomic E-state index is 12.8.